The van der Waals surface area contributed by atoms with Crippen molar-refractivity contribution < 1.29 is 27.5 Å². The molecule has 36 heavy (non-hydrogen) atoms. The molecule has 0 radical (unpaired) electrons. The van der Waals surface area contributed by atoms with Gasteiger partial charge in [-0.2, -0.15) is 0 Å². The van der Waals surface area contributed by atoms with Crippen LogP contribution < -0.4 is 19.4 Å². The highest BCUT2D eigenvalue weighted by atomic mass is 32.2. The molecule has 11 heteroatoms. The lowest BCUT2D eigenvalue weighted by Crippen LogP contribution is -2.53. The van der Waals surface area contributed by atoms with E-state index >= 15 is 0 Å². The summed E-state index contributed by atoms with van der Waals surface area (Å²) in [5, 5.41) is 3.25. The number of methoxy groups -OCH3 is 1. The Morgan fingerprint density at radius 3 is 2.36 bits per heavy atom. The third-order valence-electron chi connectivity index (χ3n) is 6.59. The van der Waals surface area contributed by atoms with Gasteiger partial charge in [-0.15, -0.1) is 0 Å². The van der Waals surface area contributed by atoms with E-state index in [0.29, 0.717) is 23.6 Å². The Morgan fingerprint density at radius 2 is 1.75 bits per heavy atom. The minimum atomic E-state index is -3.38. The summed E-state index contributed by atoms with van der Waals surface area (Å²) in [5.41, 5.74) is 3.27. The summed E-state index contributed by atoms with van der Waals surface area (Å²) in [6.07, 6.45) is 1.73. The summed E-state index contributed by atoms with van der Waals surface area (Å²) in [5.74, 6) is 0. The third kappa shape index (κ3) is 5.26. The molecule has 0 bridgehead atoms. The van der Waals surface area contributed by atoms with Crippen molar-refractivity contribution in [2.24, 2.45) is 0 Å². The molecule has 0 aromatic heterocycles. The fourth-order valence-corrected chi connectivity index (χ4v) is 5.04. The number of fused-ring (bicyclic) bond motifs is 1. The van der Waals surface area contributed by atoms with Crippen LogP contribution in [0.4, 0.5) is 26.7 Å². The van der Waals surface area contributed by atoms with E-state index in [9.17, 15) is 18.0 Å². The molecular weight excluding hydrogens is 484 g/mol. The fourth-order valence-electron chi connectivity index (χ4n) is 4.54. The number of hydrogen-bond acceptors (Lipinski definition) is 7. The fraction of sp³-hybridized carbons (Fsp3) is 0.440. The molecule has 2 aromatic rings. The zero-order valence-electron chi connectivity index (χ0n) is 20.9. The van der Waals surface area contributed by atoms with Crippen molar-refractivity contribution in [2.75, 3.05) is 54.2 Å². The number of nitrogens with zero attached hydrogens (tertiary/aromatic N) is 3. The van der Waals surface area contributed by atoms with Gasteiger partial charge in [0.15, 0.2) is 0 Å². The number of hydrogen-bond donors (Lipinski definition) is 1. The van der Waals surface area contributed by atoms with Crippen LogP contribution in [0.5, 0.6) is 0 Å². The maximum atomic E-state index is 13.3. The molecule has 0 saturated carbocycles. The predicted octanol–water partition coefficient (Wildman–Crippen LogP) is 3.42. The minimum absolute atomic E-state index is 0.203. The monoisotopic (exact) mass is 516 g/mol. The second-order valence-corrected chi connectivity index (χ2v) is 11.1. The van der Waals surface area contributed by atoms with Gasteiger partial charge in [0.2, 0.25) is 10.0 Å². The molecule has 2 atom stereocenters. The molecule has 194 valence electrons. The van der Waals surface area contributed by atoms with Crippen LogP contribution in [-0.4, -0.2) is 72.8 Å². The number of rotatable bonds is 4. The van der Waals surface area contributed by atoms with Gasteiger partial charge in [0.1, 0.15) is 6.10 Å². The first-order chi connectivity index (χ1) is 17.1. The molecule has 0 spiro atoms. The first-order valence-corrected chi connectivity index (χ1v) is 13.7. The number of piperidine rings is 1. The molecule has 1 unspecified atom stereocenters. The van der Waals surface area contributed by atoms with Crippen molar-refractivity contribution in [3.63, 3.8) is 0 Å². The van der Waals surface area contributed by atoms with E-state index in [2.05, 4.69) is 5.32 Å². The Labute approximate surface area is 211 Å². The first-order valence-electron chi connectivity index (χ1n) is 11.8. The highest BCUT2D eigenvalue weighted by Gasteiger charge is 2.37. The zero-order valence-corrected chi connectivity index (χ0v) is 21.7. The van der Waals surface area contributed by atoms with Gasteiger partial charge in [-0.05, 0) is 61.7 Å². The summed E-state index contributed by atoms with van der Waals surface area (Å²) in [6.45, 7) is 3.63. The van der Waals surface area contributed by atoms with Crippen molar-refractivity contribution in [3.05, 3.63) is 42.5 Å². The Hall–Kier alpha value is -3.31. The van der Waals surface area contributed by atoms with Crippen LogP contribution in [0.2, 0.25) is 0 Å². The van der Waals surface area contributed by atoms with Crippen molar-refractivity contribution >= 4 is 39.3 Å². The van der Waals surface area contributed by atoms with E-state index in [0.717, 1.165) is 36.8 Å². The summed E-state index contributed by atoms with van der Waals surface area (Å²) in [6, 6.07) is 12.2. The number of benzene rings is 2. The lowest BCUT2D eigenvalue weighted by Gasteiger charge is -2.40. The minimum Gasteiger partial charge on any atom is -0.452 e. The smallest absolute Gasteiger partial charge is 0.414 e. The van der Waals surface area contributed by atoms with Crippen molar-refractivity contribution in [2.45, 2.75) is 31.9 Å². The average Bonchev–Trinajstić information content (AvgIpc) is 2.87. The molecule has 2 heterocycles. The Kier molecular flexibility index (Phi) is 7.41. The topological polar surface area (TPSA) is 108 Å². The molecule has 2 amide bonds. The van der Waals surface area contributed by atoms with Gasteiger partial charge in [0.05, 0.1) is 43.0 Å². The van der Waals surface area contributed by atoms with E-state index in [-0.39, 0.29) is 18.7 Å². The van der Waals surface area contributed by atoms with Crippen molar-refractivity contribution in [1.82, 2.24) is 5.32 Å². The van der Waals surface area contributed by atoms with E-state index in [4.69, 9.17) is 9.47 Å². The van der Waals surface area contributed by atoms with Crippen LogP contribution in [0.25, 0.3) is 11.1 Å². The van der Waals surface area contributed by atoms with Crippen LogP contribution in [0, 0.1) is 0 Å². The maximum Gasteiger partial charge on any atom is 0.414 e. The quantitative estimate of drug-likeness (QED) is 0.663. The number of sulfonamides is 1. The molecule has 2 aliphatic heterocycles. The number of nitrogens with one attached hydrogen (secondary N) is 1. The third-order valence-corrected chi connectivity index (χ3v) is 7.79. The zero-order chi connectivity index (χ0) is 26.0. The van der Waals surface area contributed by atoms with Crippen LogP contribution in [-0.2, 0) is 19.5 Å². The Bertz CT molecular complexity index is 1230. The summed E-state index contributed by atoms with van der Waals surface area (Å²) in [4.78, 5) is 28.9. The Balaban J connectivity index is 1.69. The molecule has 0 aliphatic carbocycles. The molecule has 1 saturated heterocycles. The van der Waals surface area contributed by atoms with Gasteiger partial charge in [-0.25, -0.2) is 18.0 Å². The summed E-state index contributed by atoms with van der Waals surface area (Å²) >= 11 is 0. The van der Waals surface area contributed by atoms with Crippen LogP contribution in [0.15, 0.2) is 42.5 Å². The van der Waals surface area contributed by atoms with Gasteiger partial charge in [0, 0.05) is 13.6 Å². The number of amides is 2. The van der Waals surface area contributed by atoms with Crippen molar-refractivity contribution in [1.29, 1.82) is 0 Å². The molecule has 10 nitrogen and oxygen atoms in total. The van der Waals surface area contributed by atoms with Gasteiger partial charge >= 0.3 is 12.2 Å². The molecule has 1 N–H and O–H groups in total. The Morgan fingerprint density at radius 1 is 1.06 bits per heavy atom. The van der Waals surface area contributed by atoms with Gasteiger partial charge in [0.25, 0.3) is 0 Å². The molecule has 2 aromatic carbocycles. The summed E-state index contributed by atoms with van der Waals surface area (Å²) in [7, 11) is -0.550. The largest absolute Gasteiger partial charge is 0.452 e. The van der Waals surface area contributed by atoms with Gasteiger partial charge in [-0.1, -0.05) is 18.2 Å². The van der Waals surface area contributed by atoms with Gasteiger partial charge in [-0.3, -0.25) is 14.1 Å². The van der Waals surface area contributed by atoms with Gasteiger partial charge < -0.3 is 14.8 Å². The highest BCUT2D eigenvalue weighted by Crippen LogP contribution is 2.40. The van der Waals surface area contributed by atoms with E-state index < -0.39 is 22.2 Å². The van der Waals surface area contributed by atoms with Crippen molar-refractivity contribution in [3.8, 4) is 11.1 Å². The second kappa shape index (κ2) is 10.4. The number of carbonyl (C=O) groups is 2. The van der Waals surface area contributed by atoms with E-state index in [1.807, 2.05) is 31.2 Å². The van der Waals surface area contributed by atoms with E-state index in [1.54, 1.807) is 23.1 Å². The lowest BCUT2D eigenvalue weighted by atomic mass is 10.0. The molecular formula is C25H32N4O6S. The van der Waals surface area contributed by atoms with Crippen LogP contribution in [0.3, 0.4) is 0 Å². The summed E-state index contributed by atoms with van der Waals surface area (Å²) < 4.78 is 35.7. The molecule has 4 rings (SSSR count). The maximum absolute atomic E-state index is 13.3. The van der Waals surface area contributed by atoms with E-state index in [1.165, 1.54) is 23.4 Å². The standard InChI is InChI=1S/C25H32N4O6S/c1-17-16-28(24(30)35-21-6-5-13-26-15-21)23-14-19(9-12-22(23)29(17)25(31)34-3)18-7-10-20(11-8-18)27(2)36(4,32)33/h7-12,14,17,21,26H,5-6,13,15-16H2,1-4H3/t17-,21?/m0/s1. The SMILES string of the molecule is COC(=O)N1c2ccc(-c3ccc(N(C)S(C)(=O)=O)cc3)cc2N(C(=O)OC2CCCNC2)C[C@@H]1C. The second-order valence-electron chi connectivity index (χ2n) is 9.13. The van der Waals surface area contributed by atoms with Crippen LogP contribution >= 0.6 is 0 Å². The highest BCUT2D eigenvalue weighted by molar-refractivity contribution is 7.92. The predicted molar refractivity (Wildman–Crippen MR) is 139 cm³/mol. The van der Waals surface area contributed by atoms with Crippen LogP contribution in [0.1, 0.15) is 19.8 Å². The number of ether oxygens (including phenoxy) is 2. The average molecular weight is 517 g/mol. The lowest BCUT2D eigenvalue weighted by molar-refractivity contribution is 0.0876. The molecule has 2 aliphatic rings. The number of anilines is 3. The first kappa shape index (κ1) is 25.8. The normalized spacial score (nSPS) is 19.9. The number of carbonyl (C=O) groups excluding carboxylic acids is 2. The molecule has 1 fully saturated rings.